The Balaban J connectivity index is 2.21. The highest BCUT2D eigenvalue weighted by atomic mass is 16.2. The van der Waals surface area contributed by atoms with Gasteiger partial charge in [-0.3, -0.25) is 4.79 Å². The van der Waals surface area contributed by atoms with E-state index in [1.54, 1.807) is 6.07 Å². The summed E-state index contributed by atoms with van der Waals surface area (Å²) >= 11 is 0. The highest BCUT2D eigenvalue weighted by molar-refractivity contribution is 6.07. The average molecular weight is 227 g/mol. The summed E-state index contributed by atoms with van der Waals surface area (Å²) in [5.41, 5.74) is 1.88. The van der Waals surface area contributed by atoms with Gasteiger partial charge in [0.25, 0.3) is 0 Å². The number of nitrogens with one attached hydrogen (secondary N) is 2. The van der Waals surface area contributed by atoms with Crippen LogP contribution >= 0.6 is 0 Å². The molecule has 1 amide bonds. The molecule has 17 heavy (non-hydrogen) atoms. The van der Waals surface area contributed by atoms with E-state index in [2.05, 4.69) is 16.7 Å². The number of hydrogen-bond acceptors (Lipinski definition) is 3. The third-order valence-electron chi connectivity index (χ3n) is 3.80. The van der Waals surface area contributed by atoms with Crippen molar-refractivity contribution in [2.24, 2.45) is 0 Å². The minimum Gasteiger partial charge on any atom is -0.325 e. The summed E-state index contributed by atoms with van der Waals surface area (Å²) in [5.74, 6) is 0.0525. The number of fused-ring (bicyclic) bond motifs is 2. The van der Waals surface area contributed by atoms with Crippen molar-refractivity contribution in [3.05, 3.63) is 29.3 Å². The zero-order chi connectivity index (χ0) is 11.9. The maximum absolute atomic E-state index is 12.2. The third kappa shape index (κ3) is 1.29. The van der Waals surface area contributed by atoms with Gasteiger partial charge in [-0.15, -0.1) is 0 Å². The van der Waals surface area contributed by atoms with Gasteiger partial charge in [0.2, 0.25) is 5.91 Å². The molecule has 1 aromatic rings. The van der Waals surface area contributed by atoms with Crippen LogP contribution in [0.2, 0.25) is 0 Å². The van der Waals surface area contributed by atoms with E-state index in [-0.39, 0.29) is 5.91 Å². The van der Waals surface area contributed by atoms with E-state index in [9.17, 15) is 10.1 Å². The van der Waals surface area contributed by atoms with Crippen LogP contribution < -0.4 is 10.6 Å². The van der Waals surface area contributed by atoms with Crippen LogP contribution in [-0.2, 0) is 10.2 Å². The first-order chi connectivity index (χ1) is 8.28. The molecule has 2 N–H and O–H groups in total. The molecular weight excluding hydrogens is 214 g/mol. The Morgan fingerprint density at radius 3 is 2.76 bits per heavy atom. The summed E-state index contributed by atoms with van der Waals surface area (Å²) in [5, 5.41) is 15.4. The molecule has 0 atom stereocenters. The van der Waals surface area contributed by atoms with E-state index in [0.717, 1.165) is 37.2 Å². The minimum atomic E-state index is -0.479. The number of benzene rings is 1. The van der Waals surface area contributed by atoms with Gasteiger partial charge in [-0.1, -0.05) is 6.07 Å². The molecule has 0 aromatic heterocycles. The Morgan fingerprint density at radius 1 is 1.29 bits per heavy atom. The first-order valence-corrected chi connectivity index (χ1v) is 5.84. The van der Waals surface area contributed by atoms with Crippen LogP contribution in [0.15, 0.2) is 18.2 Å². The van der Waals surface area contributed by atoms with E-state index in [0.29, 0.717) is 5.56 Å². The Kier molecular flexibility index (Phi) is 2.17. The molecule has 0 saturated carbocycles. The molecule has 1 spiro atoms. The molecule has 2 heterocycles. The highest BCUT2D eigenvalue weighted by Crippen LogP contribution is 2.45. The van der Waals surface area contributed by atoms with Gasteiger partial charge in [0, 0.05) is 11.3 Å². The van der Waals surface area contributed by atoms with Gasteiger partial charge in [0.1, 0.15) is 0 Å². The number of nitriles is 1. The lowest BCUT2D eigenvalue weighted by Crippen LogP contribution is -2.44. The van der Waals surface area contributed by atoms with Crippen LogP contribution in [0.4, 0.5) is 5.69 Å². The van der Waals surface area contributed by atoms with Gasteiger partial charge >= 0.3 is 0 Å². The summed E-state index contributed by atoms with van der Waals surface area (Å²) in [6.07, 6.45) is 1.54. The molecule has 0 radical (unpaired) electrons. The van der Waals surface area contributed by atoms with Gasteiger partial charge in [-0.2, -0.15) is 5.26 Å². The smallest absolute Gasteiger partial charge is 0.235 e. The number of amides is 1. The Hall–Kier alpha value is -1.86. The van der Waals surface area contributed by atoms with Crippen molar-refractivity contribution in [3.63, 3.8) is 0 Å². The van der Waals surface area contributed by atoms with Crippen LogP contribution in [0.5, 0.6) is 0 Å². The molecule has 1 fully saturated rings. The number of nitrogens with zero attached hydrogens (tertiary/aromatic N) is 1. The van der Waals surface area contributed by atoms with Gasteiger partial charge < -0.3 is 10.6 Å². The lowest BCUT2D eigenvalue weighted by molar-refractivity contribution is -0.121. The van der Waals surface area contributed by atoms with Crippen LogP contribution in [0, 0.1) is 11.3 Å². The van der Waals surface area contributed by atoms with Crippen molar-refractivity contribution < 1.29 is 4.79 Å². The highest BCUT2D eigenvalue weighted by Gasteiger charge is 2.48. The normalized spacial score (nSPS) is 20.8. The molecule has 1 saturated heterocycles. The predicted octanol–water partition coefficient (Wildman–Crippen LogP) is 1.13. The standard InChI is InChI=1S/C13H13N3O/c14-8-9-2-1-3-10-11(9)13(12(17)16-10)4-6-15-7-5-13/h1-3,15H,4-7H2,(H,16,17). The molecule has 1 aromatic carbocycles. The molecular formula is C13H13N3O. The number of rotatable bonds is 0. The fraction of sp³-hybridized carbons (Fsp3) is 0.385. The maximum Gasteiger partial charge on any atom is 0.235 e. The van der Waals surface area contributed by atoms with E-state index >= 15 is 0 Å². The first kappa shape index (κ1) is 10.3. The summed E-state index contributed by atoms with van der Waals surface area (Å²) in [7, 11) is 0. The summed E-state index contributed by atoms with van der Waals surface area (Å²) in [4.78, 5) is 12.2. The van der Waals surface area contributed by atoms with Crippen molar-refractivity contribution in [1.29, 1.82) is 5.26 Å². The average Bonchev–Trinajstić information content (AvgIpc) is 2.64. The lowest BCUT2D eigenvalue weighted by atomic mass is 9.72. The van der Waals surface area contributed by atoms with Crippen molar-refractivity contribution in [2.75, 3.05) is 18.4 Å². The van der Waals surface area contributed by atoms with Crippen molar-refractivity contribution in [2.45, 2.75) is 18.3 Å². The molecule has 86 valence electrons. The summed E-state index contributed by atoms with van der Waals surface area (Å²) < 4.78 is 0. The van der Waals surface area contributed by atoms with Crippen molar-refractivity contribution in [3.8, 4) is 6.07 Å². The summed E-state index contributed by atoms with van der Waals surface area (Å²) in [6, 6.07) is 7.70. The Labute approximate surface area is 99.6 Å². The fourth-order valence-corrected chi connectivity index (χ4v) is 2.95. The Morgan fingerprint density at radius 2 is 2.06 bits per heavy atom. The molecule has 4 nitrogen and oxygen atoms in total. The van der Waals surface area contributed by atoms with Crippen LogP contribution in [-0.4, -0.2) is 19.0 Å². The predicted molar refractivity (Wildman–Crippen MR) is 63.6 cm³/mol. The molecule has 0 unspecified atom stereocenters. The second kappa shape index (κ2) is 3.57. The van der Waals surface area contributed by atoms with Gasteiger partial charge in [-0.05, 0) is 38.1 Å². The number of hydrogen-bond donors (Lipinski definition) is 2. The van der Waals surface area contributed by atoms with E-state index in [1.807, 2.05) is 12.1 Å². The fourth-order valence-electron chi connectivity index (χ4n) is 2.95. The second-order valence-corrected chi connectivity index (χ2v) is 4.63. The number of carbonyl (C=O) groups is 1. The minimum absolute atomic E-state index is 0.0525. The summed E-state index contributed by atoms with van der Waals surface area (Å²) in [6.45, 7) is 1.65. The van der Waals surface area contributed by atoms with E-state index in [4.69, 9.17) is 0 Å². The zero-order valence-corrected chi connectivity index (χ0v) is 9.42. The van der Waals surface area contributed by atoms with Crippen LogP contribution in [0.1, 0.15) is 24.0 Å². The SMILES string of the molecule is N#Cc1cccc2c1C1(CCNCC1)C(=O)N2. The van der Waals surface area contributed by atoms with E-state index < -0.39 is 5.41 Å². The van der Waals surface area contributed by atoms with Gasteiger partial charge in [0.05, 0.1) is 17.0 Å². The zero-order valence-electron chi connectivity index (χ0n) is 9.42. The van der Waals surface area contributed by atoms with Crippen molar-refractivity contribution in [1.82, 2.24) is 5.32 Å². The monoisotopic (exact) mass is 227 g/mol. The van der Waals surface area contributed by atoms with Crippen LogP contribution in [0.25, 0.3) is 0 Å². The molecule has 2 aliphatic rings. The maximum atomic E-state index is 12.2. The number of anilines is 1. The van der Waals surface area contributed by atoms with Gasteiger partial charge in [-0.25, -0.2) is 0 Å². The third-order valence-corrected chi connectivity index (χ3v) is 3.80. The molecule has 4 heteroatoms. The van der Waals surface area contributed by atoms with E-state index in [1.165, 1.54) is 0 Å². The quantitative estimate of drug-likeness (QED) is 0.698. The van der Waals surface area contributed by atoms with Gasteiger partial charge in [0.15, 0.2) is 0 Å². The lowest BCUT2D eigenvalue weighted by Gasteiger charge is -2.32. The number of carbonyl (C=O) groups excluding carboxylic acids is 1. The largest absolute Gasteiger partial charge is 0.325 e. The second-order valence-electron chi connectivity index (χ2n) is 4.63. The Bertz CT molecular complexity index is 524. The van der Waals surface area contributed by atoms with Crippen LogP contribution in [0.3, 0.4) is 0 Å². The molecule has 2 aliphatic heterocycles. The molecule has 0 bridgehead atoms. The first-order valence-electron chi connectivity index (χ1n) is 5.84. The molecule has 3 rings (SSSR count). The van der Waals surface area contributed by atoms with Crippen molar-refractivity contribution >= 4 is 11.6 Å². The number of piperidine rings is 1. The topological polar surface area (TPSA) is 64.9 Å². The molecule has 0 aliphatic carbocycles.